The maximum Gasteiger partial charge on any atom is 0.229 e. The molecule has 1 aliphatic heterocycles. The lowest BCUT2D eigenvalue weighted by molar-refractivity contribution is -0.120. The van der Waals surface area contributed by atoms with Gasteiger partial charge in [-0.25, -0.2) is 13.8 Å². The van der Waals surface area contributed by atoms with E-state index >= 15 is 0 Å². The minimum Gasteiger partial charge on any atom is -0.347 e. The van der Waals surface area contributed by atoms with Crippen molar-refractivity contribution in [2.75, 3.05) is 23.3 Å². The van der Waals surface area contributed by atoms with E-state index in [1.807, 2.05) is 11.0 Å². The van der Waals surface area contributed by atoms with E-state index in [9.17, 15) is 13.6 Å². The molecule has 1 unspecified atom stereocenters. The van der Waals surface area contributed by atoms with E-state index in [1.54, 1.807) is 25.1 Å². The Morgan fingerprint density at radius 2 is 2.11 bits per heavy atom. The second kappa shape index (κ2) is 7.23. The standard InChI is InChI=1S/C20H19F2N3OS/c1-12-7-8-14(10-16(12)22)23-19(26)13-4-3-9-25(11-13)20-24-18-15(21)5-2-6-17(18)27-20/h2,5-8,10,13H,3-4,9,11H2,1H3,(H,23,26). The Morgan fingerprint density at radius 1 is 1.26 bits per heavy atom. The molecule has 1 aromatic heterocycles. The van der Waals surface area contributed by atoms with E-state index in [4.69, 9.17) is 0 Å². The lowest BCUT2D eigenvalue weighted by Gasteiger charge is -2.31. The number of hydrogen-bond acceptors (Lipinski definition) is 4. The van der Waals surface area contributed by atoms with Crippen molar-refractivity contribution in [2.24, 2.45) is 5.92 Å². The Morgan fingerprint density at radius 3 is 2.89 bits per heavy atom. The van der Waals surface area contributed by atoms with Crippen molar-refractivity contribution in [3.8, 4) is 0 Å². The summed E-state index contributed by atoms with van der Waals surface area (Å²) in [6, 6.07) is 9.61. The van der Waals surface area contributed by atoms with Gasteiger partial charge in [0, 0.05) is 18.8 Å². The highest BCUT2D eigenvalue weighted by atomic mass is 32.1. The van der Waals surface area contributed by atoms with Crippen molar-refractivity contribution in [2.45, 2.75) is 19.8 Å². The first kappa shape index (κ1) is 17.9. The number of thiazole rings is 1. The average molecular weight is 387 g/mol. The maximum atomic E-state index is 13.9. The molecule has 0 saturated carbocycles. The number of amides is 1. The van der Waals surface area contributed by atoms with Crippen LogP contribution in [-0.2, 0) is 4.79 Å². The topological polar surface area (TPSA) is 45.2 Å². The van der Waals surface area contributed by atoms with Crippen LogP contribution in [0.25, 0.3) is 10.2 Å². The Hall–Kier alpha value is -2.54. The highest BCUT2D eigenvalue weighted by Crippen LogP contribution is 2.33. The molecule has 140 valence electrons. The molecule has 0 aliphatic carbocycles. The summed E-state index contributed by atoms with van der Waals surface area (Å²) in [6.45, 7) is 2.98. The van der Waals surface area contributed by atoms with Crippen molar-refractivity contribution in [3.05, 3.63) is 53.6 Å². The van der Waals surface area contributed by atoms with E-state index in [2.05, 4.69) is 10.3 Å². The highest BCUT2D eigenvalue weighted by molar-refractivity contribution is 7.22. The number of para-hydroxylation sites is 1. The zero-order chi connectivity index (χ0) is 19.0. The van der Waals surface area contributed by atoms with Crippen molar-refractivity contribution >= 4 is 38.3 Å². The Balaban J connectivity index is 1.49. The molecule has 1 amide bonds. The Kier molecular flexibility index (Phi) is 4.78. The van der Waals surface area contributed by atoms with Gasteiger partial charge in [0.05, 0.1) is 10.6 Å². The van der Waals surface area contributed by atoms with Crippen LogP contribution in [0.15, 0.2) is 36.4 Å². The number of rotatable bonds is 3. The third-order valence-corrected chi connectivity index (χ3v) is 5.94. The van der Waals surface area contributed by atoms with Gasteiger partial charge in [0.15, 0.2) is 5.13 Å². The number of nitrogens with one attached hydrogen (secondary N) is 1. The molecule has 1 N–H and O–H groups in total. The van der Waals surface area contributed by atoms with Crippen LogP contribution in [0.2, 0.25) is 0 Å². The van der Waals surface area contributed by atoms with Crippen LogP contribution in [-0.4, -0.2) is 24.0 Å². The number of nitrogens with zero attached hydrogens (tertiary/aromatic N) is 2. The molecule has 3 aromatic rings. The first-order valence-corrected chi connectivity index (χ1v) is 9.70. The number of anilines is 2. The number of hydrogen-bond donors (Lipinski definition) is 1. The predicted molar refractivity (Wildman–Crippen MR) is 104 cm³/mol. The molecule has 4 nitrogen and oxygen atoms in total. The summed E-state index contributed by atoms with van der Waals surface area (Å²) in [5.41, 5.74) is 1.38. The van der Waals surface area contributed by atoms with E-state index in [-0.39, 0.29) is 23.5 Å². The van der Waals surface area contributed by atoms with Crippen LogP contribution in [0.1, 0.15) is 18.4 Å². The molecule has 0 bridgehead atoms. The number of aryl methyl sites for hydroxylation is 1. The van der Waals surface area contributed by atoms with Gasteiger partial charge in [-0.2, -0.15) is 0 Å². The molecule has 0 radical (unpaired) electrons. The number of halogens is 2. The summed E-state index contributed by atoms with van der Waals surface area (Å²) < 4.78 is 28.4. The van der Waals surface area contributed by atoms with Crippen molar-refractivity contribution < 1.29 is 13.6 Å². The van der Waals surface area contributed by atoms with E-state index in [0.29, 0.717) is 23.3 Å². The average Bonchev–Trinajstić information content (AvgIpc) is 3.11. The van der Waals surface area contributed by atoms with Crippen LogP contribution >= 0.6 is 11.3 Å². The molecule has 2 heterocycles. The smallest absolute Gasteiger partial charge is 0.229 e. The molecule has 1 fully saturated rings. The molecule has 1 atom stereocenters. The van der Waals surface area contributed by atoms with E-state index < -0.39 is 0 Å². The van der Waals surface area contributed by atoms with Crippen LogP contribution in [0, 0.1) is 24.5 Å². The maximum absolute atomic E-state index is 13.9. The van der Waals surface area contributed by atoms with Crippen LogP contribution < -0.4 is 10.2 Å². The molecule has 2 aromatic carbocycles. The van der Waals surface area contributed by atoms with Gasteiger partial charge in [-0.1, -0.05) is 23.5 Å². The first-order valence-electron chi connectivity index (χ1n) is 8.88. The summed E-state index contributed by atoms with van der Waals surface area (Å²) in [6.07, 6.45) is 1.61. The van der Waals surface area contributed by atoms with Gasteiger partial charge < -0.3 is 10.2 Å². The number of carbonyl (C=O) groups excluding carboxylic acids is 1. The van der Waals surface area contributed by atoms with Gasteiger partial charge in [0.2, 0.25) is 5.91 Å². The lowest BCUT2D eigenvalue weighted by atomic mass is 9.97. The summed E-state index contributed by atoms with van der Waals surface area (Å²) in [5.74, 6) is -1.02. The quantitative estimate of drug-likeness (QED) is 0.706. The second-order valence-corrected chi connectivity index (χ2v) is 7.83. The van der Waals surface area contributed by atoms with Crippen LogP contribution in [0.5, 0.6) is 0 Å². The Labute approximate surface area is 159 Å². The third kappa shape index (κ3) is 3.64. The lowest BCUT2D eigenvalue weighted by Crippen LogP contribution is -2.40. The van der Waals surface area contributed by atoms with Crippen LogP contribution in [0.3, 0.4) is 0 Å². The van der Waals surface area contributed by atoms with Gasteiger partial charge in [-0.15, -0.1) is 0 Å². The zero-order valence-corrected chi connectivity index (χ0v) is 15.7. The Bertz CT molecular complexity index is 1000. The van der Waals surface area contributed by atoms with Gasteiger partial charge in [-0.3, -0.25) is 4.79 Å². The third-order valence-electron chi connectivity index (χ3n) is 4.86. The minimum absolute atomic E-state index is 0.129. The first-order chi connectivity index (χ1) is 13.0. The van der Waals surface area contributed by atoms with Gasteiger partial charge in [0.1, 0.15) is 17.2 Å². The number of aromatic nitrogens is 1. The number of fused-ring (bicyclic) bond motifs is 1. The van der Waals surface area contributed by atoms with Gasteiger partial charge in [-0.05, 0) is 49.6 Å². The summed E-state index contributed by atoms with van der Waals surface area (Å²) in [5, 5.41) is 3.54. The number of piperidine rings is 1. The number of carbonyl (C=O) groups is 1. The molecule has 0 spiro atoms. The van der Waals surface area contributed by atoms with Gasteiger partial charge >= 0.3 is 0 Å². The fourth-order valence-corrected chi connectivity index (χ4v) is 4.33. The molecule has 1 aliphatic rings. The zero-order valence-electron chi connectivity index (χ0n) is 14.8. The molecule has 4 rings (SSSR count). The molecule has 27 heavy (non-hydrogen) atoms. The summed E-state index contributed by atoms with van der Waals surface area (Å²) in [4.78, 5) is 19.1. The summed E-state index contributed by atoms with van der Waals surface area (Å²) in [7, 11) is 0. The fourth-order valence-electron chi connectivity index (χ4n) is 3.32. The normalized spacial score (nSPS) is 17.3. The predicted octanol–water partition coefficient (Wildman–Crippen LogP) is 4.74. The summed E-state index contributed by atoms with van der Waals surface area (Å²) >= 11 is 1.43. The van der Waals surface area contributed by atoms with Crippen molar-refractivity contribution in [1.82, 2.24) is 4.98 Å². The van der Waals surface area contributed by atoms with E-state index in [0.717, 1.165) is 29.2 Å². The van der Waals surface area contributed by atoms with Crippen molar-refractivity contribution in [1.29, 1.82) is 0 Å². The molecular formula is C20H19F2N3OS. The highest BCUT2D eigenvalue weighted by Gasteiger charge is 2.28. The largest absolute Gasteiger partial charge is 0.347 e. The molecule has 7 heteroatoms. The van der Waals surface area contributed by atoms with Crippen LogP contribution in [0.4, 0.5) is 19.6 Å². The fraction of sp³-hybridized carbons (Fsp3) is 0.300. The molecule has 1 saturated heterocycles. The second-order valence-electron chi connectivity index (χ2n) is 6.82. The number of benzene rings is 2. The monoisotopic (exact) mass is 387 g/mol. The van der Waals surface area contributed by atoms with E-state index in [1.165, 1.54) is 23.5 Å². The van der Waals surface area contributed by atoms with Crippen molar-refractivity contribution in [3.63, 3.8) is 0 Å². The SMILES string of the molecule is Cc1ccc(NC(=O)C2CCCN(c3nc4c(F)cccc4s3)C2)cc1F. The minimum atomic E-state index is -0.338. The van der Waals surface area contributed by atoms with Gasteiger partial charge in [0.25, 0.3) is 0 Å². The molecular weight excluding hydrogens is 368 g/mol.